The molecule has 4 N–H and O–H groups in total. The first-order valence-corrected chi connectivity index (χ1v) is 23.3. The van der Waals surface area contributed by atoms with Gasteiger partial charge in [0, 0.05) is 77.9 Å². The number of aldehydes is 1. The molecule has 3 aliphatic rings. The minimum Gasteiger partial charge on any atom is -0.493 e. The van der Waals surface area contributed by atoms with Crippen molar-refractivity contribution in [3.8, 4) is 11.5 Å². The van der Waals surface area contributed by atoms with E-state index in [0.717, 1.165) is 29.9 Å². The largest absolute Gasteiger partial charge is 0.493 e. The van der Waals surface area contributed by atoms with E-state index in [2.05, 4.69) is 24.8 Å². The molecule has 1 fully saturated rings. The highest BCUT2D eigenvalue weighted by Gasteiger charge is 2.57. The van der Waals surface area contributed by atoms with Crippen LogP contribution in [0.5, 0.6) is 11.5 Å². The molecule has 0 amide bonds. The third kappa shape index (κ3) is 10.9. The predicted molar refractivity (Wildman–Crippen MR) is 250 cm³/mol. The third-order valence-electron chi connectivity index (χ3n) is 13.2. The van der Waals surface area contributed by atoms with Gasteiger partial charge in [0.25, 0.3) is 0 Å². The van der Waals surface area contributed by atoms with Crippen LogP contribution in [0.15, 0.2) is 60.7 Å². The van der Waals surface area contributed by atoms with Crippen molar-refractivity contribution in [2.45, 2.75) is 107 Å². The first kappa shape index (κ1) is 50.5. The summed E-state index contributed by atoms with van der Waals surface area (Å²) in [4.78, 5) is 27.8. The Balaban J connectivity index is 0.000000188. The van der Waals surface area contributed by atoms with Crippen LogP contribution >= 0.6 is 23.2 Å². The number of H-pyrrole nitrogens is 2. The number of morpholine rings is 1. The smallest absolute Gasteiger partial charge is 0.417 e. The van der Waals surface area contributed by atoms with Crippen LogP contribution in [0.3, 0.4) is 0 Å². The molecule has 9 rings (SSSR count). The number of ether oxygens (including phenoxy) is 3. The van der Waals surface area contributed by atoms with Crippen molar-refractivity contribution in [2.24, 2.45) is 0 Å². The van der Waals surface area contributed by atoms with E-state index >= 15 is 0 Å². The van der Waals surface area contributed by atoms with E-state index in [4.69, 9.17) is 37.4 Å². The van der Waals surface area contributed by atoms with Gasteiger partial charge in [0.15, 0.2) is 17.5 Å². The summed E-state index contributed by atoms with van der Waals surface area (Å²) in [5, 5.41) is 23.0. The number of nitrogens with one attached hydrogen (secondary N) is 2. The van der Waals surface area contributed by atoms with E-state index in [9.17, 15) is 41.4 Å². The second-order valence-electron chi connectivity index (χ2n) is 19.6. The normalized spacial score (nSPS) is 17.4. The van der Waals surface area contributed by atoms with Crippen LogP contribution in [0, 0.1) is 0 Å². The Morgan fingerprint density at radius 3 is 1.59 bits per heavy atom. The molecule has 370 valence electrons. The number of hydrogen-bond acceptors (Lipinski definition) is 9. The number of pyridine rings is 2. The van der Waals surface area contributed by atoms with Crippen molar-refractivity contribution in [3.05, 3.63) is 116 Å². The second kappa shape index (κ2) is 19.0. The Bertz CT molecular complexity index is 2860. The zero-order chi connectivity index (χ0) is 49.7. The number of alkyl halides is 6. The maximum Gasteiger partial charge on any atom is 0.417 e. The lowest BCUT2D eigenvalue weighted by molar-refractivity contribution is -0.266. The fourth-order valence-corrected chi connectivity index (χ4v) is 10.4. The van der Waals surface area contributed by atoms with Gasteiger partial charge in [-0.15, -0.1) is 0 Å². The first-order chi connectivity index (χ1) is 32.3. The summed E-state index contributed by atoms with van der Waals surface area (Å²) < 4.78 is 103. The number of benzene rings is 2. The number of aromatic nitrogens is 4. The molecule has 69 heavy (non-hydrogen) atoms. The van der Waals surface area contributed by atoms with Crippen LogP contribution in [-0.2, 0) is 47.8 Å². The van der Waals surface area contributed by atoms with Crippen molar-refractivity contribution in [2.75, 3.05) is 39.5 Å². The van der Waals surface area contributed by atoms with Crippen LogP contribution < -0.4 is 9.47 Å². The van der Waals surface area contributed by atoms with Crippen LogP contribution in [0.25, 0.3) is 22.1 Å². The van der Waals surface area contributed by atoms with E-state index in [-0.39, 0.29) is 17.1 Å². The summed E-state index contributed by atoms with van der Waals surface area (Å²) in [6.45, 7) is 11.2. The number of aromatic amines is 2. The number of halogens is 8. The van der Waals surface area contributed by atoms with Gasteiger partial charge in [0.2, 0.25) is 0 Å². The van der Waals surface area contributed by atoms with Gasteiger partial charge in [-0.2, -0.15) is 26.3 Å². The molecule has 3 aliphatic heterocycles. The molecule has 4 aromatic heterocycles. The fourth-order valence-electron chi connectivity index (χ4n) is 9.87. The van der Waals surface area contributed by atoms with Crippen molar-refractivity contribution in [1.82, 2.24) is 24.8 Å². The quantitative estimate of drug-likeness (QED) is 0.0656. The van der Waals surface area contributed by atoms with Crippen LogP contribution in [0.2, 0.25) is 10.0 Å². The van der Waals surface area contributed by atoms with E-state index < -0.39 is 60.1 Å². The minimum atomic E-state index is -4.90. The molecule has 0 spiro atoms. The zero-order valence-electron chi connectivity index (χ0n) is 38.4. The van der Waals surface area contributed by atoms with Gasteiger partial charge in [-0.3, -0.25) is 9.69 Å². The van der Waals surface area contributed by atoms with E-state index in [1.54, 1.807) is 64.1 Å². The molecule has 0 bridgehead atoms. The van der Waals surface area contributed by atoms with Gasteiger partial charge in [-0.05, 0) is 95.5 Å². The SMILES string of the molecule is CC(C)(CC(O)(Cc1cc2nc(C=O)ccc2[nH]1)C(F)(F)F)c1cc(Cl)cc2c1OCC2.CC(C)(CC(O)(Cc1cc2nc(CN3CCOCC3)ccc2[nH]1)C(F)(F)F)c1cc(Cl)cc2c1OCC2. The minimum absolute atomic E-state index is 0.166. The number of carbonyl (C=O) groups excluding carboxylic acids is 1. The van der Waals surface area contributed by atoms with Crippen LogP contribution in [0.4, 0.5) is 26.3 Å². The van der Waals surface area contributed by atoms with Gasteiger partial charge in [-0.1, -0.05) is 50.9 Å². The Labute approximate surface area is 404 Å². The number of aliphatic hydroxyl groups is 2. The molecule has 19 heteroatoms. The standard InChI is InChI=1S/C27H31ClF3N3O3.C23H22ClF3N2O3/c1-25(2,21-12-18(28)11-17-5-8-37-24(17)21)16-26(35,27(29,30)31)14-20-13-23-22(33-20)4-3-19(32-23)15-34-6-9-36-10-7-34;1-21(2,17-8-14(24)7-13-5-6-32-20(13)17)12-22(31,23(25,26)27)10-16-9-19-18(29-16)4-3-15(11-30)28-19/h3-4,11-13,33,35H,5-10,14-16H2,1-2H3;3-4,7-9,11,29,31H,5-6,10,12H2,1-2H3. The molecule has 2 atom stereocenters. The maximum atomic E-state index is 14.4. The highest BCUT2D eigenvalue weighted by atomic mass is 35.5. The molecular weight excluding hydrogens is 951 g/mol. The maximum absolute atomic E-state index is 14.4. The lowest BCUT2D eigenvalue weighted by Crippen LogP contribution is -2.51. The van der Waals surface area contributed by atoms with Crippen molar-refractivity contribution < 1.29 is 55.6 Å². The molecule has 6 aromatic rings. The summed E-state index contributed by atoms with van der Waals surface area (Å²) in [5.41, 5.74) is -1.86. The third-order valence-corrected chi connectivity index (χ3v) is 13.6. The molecule has 2 unspecified atom stereocenters. The Morgan fingerprint density at radius 1 is 0.667 bits per heavy atom. The van der Waals surface area contributed by atoms with Crippen molar-refractivity contribution in [1.29, 1.82) is 0 Å². The lowest BCUT2D eigenvalue weighted by Gasteiger charge is -2.38. The Kier molecular flexibility index (Phi) is 13.9. The van der Waals surface area contributed by atoms with Gasteiger partial charge in [0.05, 0.1) is 54.2 Å². The Morgan fingerprint density at radius 2 is 1.13 bits per heavy atom. The average molecular weight is 1000 g/mol. The summed E-state index contributed by atoms with van der Waals surface area (Å²) in [6.07, 6.45) is -10.4. The van der Waals surface area contributed by atoms with E-state index in [0.29, 0.717) is 107 Å². The summed E-state index contributed by atoms with van der Waals surface area (Å²) in [5.74, 6) is 1.11. The highest BCUT2D eigenvalue weighted by Crippen LogP contribution is 2.49. The number of rotatable bonds is 13. The molecule has 7 heterocycles. The summed E-state index contributed by atoms with van der Waals surface area (Å²) in [7, 11) is 0. The molecule has 0 radical (unpaired) electrons. The Hall–Kier alpha value is -4.91. The lowest BCUT2D eigenvalue weighted by atomic mass is 9.73. The summed E-state index contributed by atoms with van der Waals surface area (Å²) in [6, 6.07) is 16.5. The average Bonchev–Trinajstić information content (AvgIpc) is 4.08. The molecule has 2 aromatic carbocycles. The fraction of sp³-hybridized carbons (Fsp3) is 0.460. The summed E-state index contributed by atoms with van der Waals surface area (Å²) >= 11 is 12.5. The van der Waals surface area contributed by atoms with Gasteiger partial charge in [-0.25, -0.2) is 9.97 Å². The van der Waals surface area contributed by atoms with E-state index in [1.807, 2.05) is 12.1 Å². The zero-order valence-corrected chi connectivity index (χ0v) is 39.9. The van der Waals surface area contributed by atoms with Crippen LogP contribution in [0.1, 0.15) is 90.4 Å². The van der Waals surface area contributed by atoms with Gasteiger partial charge < -0.3 is 34.4 Å². The van der Waals surface area contributed by atoms with Crippen molar-refractivity contribution >= 4 is 51.6 Å². The van der Waals surface area contributed by atoms with Crippen molar-refractivity contribution in [3.63, 3.8) is 0 Å². The number of fused-ring (bicyclic) bond motifs is 4. The van der Waals surface area contributed by atoms with Crippen LogP contribution in [-0.4, -0.2) is 104 Å². The topological polar surface area (TPSA) is 146 Å². The van der Waals surface area contributed by atoms with E-state index in [1.165, 1.54) is 12.1 Å². The molecule has 0 saturated carbocycles. The van der Waals surface area contributed by atoms with Gasteiger partial charge in [0.1, 0.15) is 17.2 Å². The van der Waals surface area contributed by atoms with Gasteiger partial charge >= 0.3 is 12.4 Å². The first-order valence-electron chi connectivity index (χ1n) is 22.6. The monoisotopic (exact) mass is 1000 g/mol. The second-order valence-corrected chi connectivity index (χ2v) is 20.5. The predicted octanol–water partition coefficient (Wildman–Crippen LogP) is 10.4. The number of carbonyl (C=O) groups is 1. The molecular formula is C50H53Cl2F6N5O6. The number of hydrogen-bond donors (Lipinski definition) is 4. The molecule has 1 saturated heterocycles. The number of nitrogens with zero attached hydrogens (tertiary/aromatic N) is 3. The highest BCUT2D eigenvalue weighted by molar-refractivity contribution is 6.31. The molecule has 11 nitrogen and oxygen atoms in total. The molecule has 0 aliphatic carbocycles.